The van der Waals surface area contributed by atoms with Crippen LogP contribution < -0.4 is 16.8 Å². The number of nitrogens with zero attached hydrogens (tertiary/aromatic N) is 1. The van der Waals surface area contributed by atoms with Gasteiger partial charge in [-0.25, -0.2) is 0 Å². The SMILES string of the molecule is N=C(N)C1CCC(CNC(=O)C2CC3CCC(C(=N)N)CC3N2CC2CCCC3CCCCC32)CC1. The first-order chi connectivity index (χ1) is 17.4. The van der Waals surface area contributed by atoms with E-state index in [1.165, 1.54) is 44.9 Å². The molecule has 7 heteroatoms. The lowest BCUT2D eigenvalue weighted by molar-refractivity contribution is -0.126. The van der Waals surface area contributed by atoms with Gasteiger partial charge in [-0.3, -0.25) is 20.5 Å². The predicted molar refractivity (Wildman–Crippen MR) is 145 cm³/mol. The summed E-state index contributed by atoms with van der Waals surface area (Å²) in [6.07, 6.45) is 17.8. The first-order valence-electron chi connectivity index (χ1n) is 15.1. The van der Waals surface area contributed by atoms with Crippen molar-refractivity contribution in [3.8, 4) is 0 Å². The summed E-state index contributed by atoms with van der Waals surface area (Å²) in [5.41, 5.74) is 11.7. The maximum absolute atomic E-state index is 13.7. The van der Waals surface area contributed by atoms with E-state index in [9.17, 15) is 4.79 Å². The van der Waals surface area contributed by atoms with Gasteiger partial charge in [0.05, 0.1) is 17.7 Å². The third kappa shape index (κ3) is 5.61. The molecule has 7 unspecified atom stereocenters. The molecule has 0 radical (unpaired) electrons. The highest BCUT2D eigenvalue weighted by Crippen LogP contribution is 2.47. The molecule has 1 saturated heterocycles. The number of nitrogens with one attached hydrogen (secondary N) is 3. The Kier molecular flexibility index (Phi) is 8.24. The van der Waals surface area contributed by atoms with E-state index in [2.05, 4.69) is 10.2 Å². The van der Waals surface area contributed by atoms with Crippen molar-refractivity contribution >= 4 is 17.6 Å². The zero-order chi connectivity index (χ0) is 25.2. The van der Waals surface area contributed by atoms with Gasteiger partial charge < -0.3 is 16.8 Å². The van der Waals surface area contributed by atoms with Crippen molar-refractivity contribution in [2.75, 3.05) is 13.1 Å². The molecule has 1 heterocycles. The topological polar surface area (TPSA) is 132 Å². The van der Waals surface area contributed by atoms with Crippen LogP contribution in [0, 0.1) is 52.2 Å². The van der Waals surface area contributed by atoms with Crippen molar-refractivity contribution in [2.24, 2.45) is 52.9 Å². The zero-order valence-corrected chi connectivity index (χ0v) is 22.2. The summed E-state index contributed by atoms with van der Waals surface area (Å²) < 4.78 is 0. The van der Waals surface area contributed by atoms with Gasteiger partial charge in [0.25, 0.3) is 0 Å². The van der Waals surface area contributed by atoms with Gasteiger partial charge in [0, 0.05) is 31.0 Å². The highest BCUT2D eigenvalue weighted by Gasteiger charge is 2.49. The molecular formula is C29H50N6O. The quantitative estimate of drug-likeness (QED) is 0.265. The van der Waals surface area contributed by atoms with E-state index in [-0.39, 0.29) is 23.8 Å². The summed E-state index contributed by atoms with van der Waals surface area (Å²) in [5, 5.41) is 19.2. The minimum Gasteiger partial charge on any atom is -0.387 e. The van der Waals surface area contributed by atoms with Gasteiger partial charge in [-0.15, -0.1) is 0 Å². The van der Waals surface area contributed by atoms with E-state index in [0.29, 0.717) is 29.5 Å². The van der Waals surface area contributed by atoms with Crippen molar-refractivity contribution in [1.29, 1.82) is 10.8 Å². The zero-order valence-electron chi connectivity index (χ0n) is 22.2. The highest BCUT2D eigenvalue weighted by molar-refractivity contribution is 5.83. The first kappa shape index (κ1) is 26.0. The summed E-state index contributed by atoms with van der Waals surface area (Å²) in [5.74, 6) is 4.85. The Balaban J connectivity index is 1.25. The number of amides is 1. The fraction of sp³-hybridized carbons (Fsp3) is 0.897. The van der Waals surface area contributed by atoms with Crippen molar-refractivity contribution in [2.45, 2.75) is 108 Å². The Bertz CT molecular complexity index is 806. The Hall–Kier alpha value is -1.63. The fourth-order valence-corrected chi connectivity index (χ4v) is 8.96. The number of carbonyl (C=O) groups excluding carboxylic acids is 1. The smallest absolute Gasteiger partial charge is 0.237 e. The summed E-state index contributed by atoms with van der Waals surface area (Å²) in [4.78, 5) is 16.3. The molecule has 7 N–H and O–H groups in total. The van der Waals surface area contributed by atoms with Gasteiger partial charge in [0.1, 0.15) is 0 Å². The number of fused-ring (bicyclic) bond motifs is 2. The molecule has 0 aromatic heterocycles. The number of hydrogen-bond acceptors (Lipinski definition) is 4. The van der Waals surface area contributed by atoms with Crippen LogP contribution in [0.5, 0.6) is 0 Å². The molecular weight excluding hydrogens is 448 g/mol. The van der Waals surface area contributed by atoms with Crippen molar-refractivity contribution in [3.05, 3.63) is 0 Å². The number of nitrogens with two attached hydrogens (primary N) is 2. The van der Waals surface area contributed by atoms with Crippen LogP contribution in [0.2, 0.25) is 0 Å². The molecule has 7 nitrogen and oxygen atoms in total. The molecule has 5 rings (SSSR count). The fourth-order valence-electron chi connectivity index (χ4n) is 8.96. The lowest BCUT2D eigenvalue weighted by Gasteiger charge is -2.45. The van der Waals surface area contributed by atoms with Crippen LogP contribution in [-0.4, -0.2) is 47.7 Å². The molecule has 4 saturated carbocycles. The number of carbonyl (C=O) groups is 1. The van der Waals surface area contributed by atoms with Gasteiger partial charge in [-0.1, -0.05) is 32.1 Å². The summed E-state index contributed by atoms with van der Waals surface area (Å²) in [6.45, 7) is 1.82. The normalized spacial score (nSPS) is 41.2. The second-order valence-corrected chi connectivity index (χ2v) is 13.1. The molecule has 0 aromatic rings. The molecule has 0 aromatic carbocycles. The van der Waals surface area contributed by atoms with Crippen LogP contribution in [0.1, 0.15) is 96.3 Å². The molecule has 0 spiro atoms. The average molecular weight is 499 g/mol. The maximum Gasteiger partial charge on any atom is 0.237 e. The second-order valence-electron chi connectivity index (χ2n) is 13.1. The predicted octanol–water partition coefficient (Wildman–Crippen LogP) is 4.25. The Morgan fingerprint density at radius 3 is 2.22 bits per heavy atom. The van der Waals surface area contributed by atoms with E-state index in [0.717, 1.165) is 82.2 Å². The van der Waals surface area contributed by atoms with Crippen molar-refractivity contribution < 1.29 is 4.79 Å². The Morgan fingerprint density at radius 2 is 1.47 bits per heavy atom. The third-order valence-electron chi connectivity index (χ3n) is 11.1. The van der Waals surface area contributed by atoms with Gasteiger partial charge in [-0.05, 0) is 93.8 Å². The molecule has 1 aliphatic heterocycles. The number of amidine groups is 2. The van der Waals surface area contributed by atoms with E-state index >= 15 is 0 Å². The van der Waals surface area contributed by atoms with Crippen LogP contribution in [0.4, 0.5) is 0 Å². The highest BCUT2D eigenvalue weighted by atomic mass is 16.2. The van der Waals surface area contributed by atoms with Crippen molar-refractivity contribution in [3.63, 3.8) is 0 Å². The Labute approximate surface area is 217 Å². The second kappa shape index (κ2) is 11.4. The molecule has 7 atom stereocenters. The number of rotatable bonds is 7. The van der Waals surface area contributed by atoms with Gasteiger partial charge in [0.2, 0.25) is 5.91 Å². The van der Waals surface area contributed by atoms with E-state index in [4.69, 9.17) is 22.3 Å². The lowest BCUT2D eigenvalue weighted by Crippen LogP contribution is -2.51. The molecule has 5 fully saturated rings. The van der Waals surface area contributed by atoms with Gasteiger partial charge >= 0.3 is 0 Å². The van der Waals surface area contributed by atoms with Crippen LogP contribution in [-0.2, 0) is 4.79 Å². The van der Waals surface area contributed by atoms with E-state index in [1.807, 2.05) is 0 Å². The number of likely N-dealkylation sites (tertiary alicyclic amines) is 1. The summed E-state index contributed by atoms with van der Waals surface area (Å²) in [7, 11) is 0. The largest absolute Gasteiger partial charge is 0.387 e. The molecule has 36 heavy (non-hydrogen) atoms. The van der Waals surface area contributed by atoms with E-state index in [1.54, 1.807) is 0 Å². The molecule has 5 aliphatic rings. The minimum atomic E-state index is -0.0248. The third-order valence-corrected chi connectivity index (χ3v) is 11.1. The first-order valence-corrected chi connectivity index (χ1v) is 15.1. The van der Waals surface area contributed by atoms with E-state index < -0.39 is 0 Å². The molecule has 0 bridgehead atoms. The summed E-state index contributed by atoms with van der Waals surface area (Å²) >= 11 is 0. The summed E-state index contributed by atoms with van der Waals surface area (Å²) in [6, 6.07) is 0.376. The minimum absolute atomic E-state index is 0.0248. The molecule has 1 amide bonds. The molecule has 4 aliphatic carbocycles. The standard InChI is InChI=1S/C29H50N6O/c30-27(31)20-10-8-18(9-11-20)16-34-29(36)26-14-21-12-13-22(28(32)33)15-25(21)35(26)17-23-6-3-5-19-4-1-2-7-24(19)23/h18-26H,1-17H2,(H3,30,31)(H3,32,33)(H,34,36). The average Bonchev–Trinajstić information content (AvgIpc) is 3.25. The number of hydrogen-bond donors (Lipinski definition) is 5. The van der Waals surface area contributed by atoms with Crippen LogP contribution in [0.15, 0.2) is 0 Å². The van der Waals surface area contributed by atoms with Crippen molar-refractivity contribution in [1.82, 2.24) is 10.2 Å². The van der Waals surface area contributed by atoms with Gasteiger partial charge in [-0.2, -0.15) is 0 Å². The van der Waals surface area contributed by atoms with Crippen LogP contribution in [0.25, 0.3) is 0 Å². The monoisotopic (exact) mass is 498 g/mol. The lowest BCUT2D eigenvalue weighted by atomic mass is 9.65. The van der Waals surface area contributed by atoms with Crippen LogP contribution >= 0.6 is 0 Å². The van der Waals surface area contributed by atoms with Gasteiger partial charge in [0.15, 0.2) is 0 Å². The van der Waals surface area contributed by atoms with Crippen LogP contribution in [0.3, 0.4) is 0 Å². The Morgan fingerprint density at radius 1 is 0.778 bits per heavy atom. The molecule has 202 valence electrons. The maximum atomic E-state index is 13.7.